The molecule has 2 aromatic heterocycles. The third-order valence-corrected chi connectivity index (χ3v) is 6.21. The van der Waals surface area contributed by atoms with Crippen LogP contribution in [0.2, 0.25) is 0 Å². The number of anilines is 1. The van der Waals surface area contributed by atoms with E-state index in [2.05, 4.69) is 19.8 Å². The fraction of sp³-hybridized carbons (Fsp3) is 0.550. The van der Waals surface area contributed by atoms with E-state index in [0.29, 0.717) is 18.8 Å². The lowest BCUT2D eigenvalue weighted by Gasteiger charge is -2.43. The molecule has 2 aliphatic heterocycles. The third-order valence-electron chi connectivity index (χ3n) is 6.21. The molecule has 2 fully saturated rings. The lowest BCUT2D eigenvalue weighted by atomic mass is 9.91. The van der Waals surface area contributed by atoms with Crippen LogP contribution in [0.5, 0.6) is 0 Å². The summed E-state index contributed by atoms with van der Waals surface area (Å²) in [5.41, 5.74) is 2.17. The van der Waals surface area contributed by atoms with Crippen LogP contribution < -0.4 is 4.90 Å². The van der Waals surface area contributed by atoms with Crippen LogP contribution in [0.4, 0.5) is 5.82 Å². The van der Waals surface area contributed by atoms with Gasteiger partial charge in [-0.25, -0.2) is 9.97 Å². The van der Waals surface area contributed by atoms with Crippen molar-refractivity contribution in [3.8, 4) is 0 Å². The van der Waals surface area contributed by atoms with E-state index in [9.17, 15) is 4.79 Å². The molecular weight excluding hydrogens is 342 g/mol. The quantitative estimate of drug-likeness (QED) is 0.826. The summed E-state index contributed by atoms with van der Waals surface area (Å²) in [5, 5.41) is 0. The Morgan fingerprint density at radius 3 is 2.67 bits per heavy atom. The van der Waals surface area contributed by atoms with Crippen LogP contribution in [0, 0.1) is 0 Å². The van der Waals surface area contributed by atoms with Crippen molar-refractivity contribution in [1.82, 2.24) is 19.8 Å². The maximum absolute atomic E-state index is 12.6. The molecule has 0 spiro atoms. The number of carbonyl (C=O) groups excluding carboxylic acids is 1. The Morgan fingerprint density at radius 1 is 1.11 bits per heavy atom. The predicted octanol–water partition coefficient (Wildman–Crippen LogP) is 1.94. The molecule has 1 saturated carbocycles. The SMILES string of the molecule is O=C(c1ccco1)N1CCc2c(ncnc2N2CCN(C3CCC3)CC2)C1. The van der Waals surface area contributed by atoms with Crippen molar-refractivity contribution in [3.63, 3.8) is 0 Å². The zero-order valence-electron chi connectivity index (χ0n) is 15.5. The van der Waals surface area contributed by atoms with Gasteiger partial charge in [-0.3, -0.25) is 9.69 Å². The highest BCUT2D eigenvalue weighted by atomic mass is 16.3. The number of nitrogens with zero attached hydrogens (tertiary/aromatic N) is 5. The Morgan fingerprint density at radius 2 is 1.96 bits per heavy atom. The fourth-order valence-corrected chi connectivity index (χ4v) is 4.39. The van der Waals surface area contributed by atoms with E-state index in [1.807, 2.05) is 4.90 Å². The summed E-state index contributed by atoms with van der Waals surface area (Å²) in [7, 11) is 0. The molecule has 1 amide bonds. The number of piperazine rings is 1. The number of fused-ring (bicyclic) bond motifs is 1. The molecule has 3 aliphatic rings. The van der Waals surface area contributed by atoms with E-state index < -0.39 is 0 Å². The van der Waals surface area contributed by atoms with E-state index >= 15 is 0 Å². The number of carbonyl (C=O) groups is 1. The zero-order chi connectivity index (χ0) is 18.2. The van der Waals surface area contributed by atoms with E-state index in [1.165, 1.54) is 31.1 Å². The first kappa shape index (κ1) is 16.7. The highest BCUT2D eigenvalue weighted by Crippen LogP contribution is 2.29. The van der Waals surface area contributed by atoms with Gasteiger partial charge in [-0.05, 0) is 31.4 Å². The Balaban J connectivity index is 1.30. The molecule has 7 heteroatoms. The van der Waals surface area contributed by atoms with Crippen molar-refractivity contribution in [2.24, 2.45) is 0 Å². The van der Waals surface area contributed by atoms with Crippen LogP contribution in [-0.2, 0) is 13.0 Å². The summed E-state index contributed by atoms with van der Waals surface area (Å²) in [6.07, 6.45) is 8.09. The average molecular weight is 367 g/mol. The van der Waals surface area contributed by atoms with Crippen LogP contribution in [-0.4, -0.2) is 64.4 Å². The molecule has 1 saturated heterocycles. The maximum atomic E-state index is 12.6. The maximum Gasteiger partial charge on any atom is 0.289 e. The molecule has 0 N–H and O–H groups in total. The van der Waals surface area contributed by atoms with Crippen LogP contribution >= 0.6 is 0 Å². The minimum atomic E-state index is -0.0695. The molecule has 7 nitrogen and oxygen atoms in total. The molecule has 27 heavy (non-hydrogen) atoms. The predicted molar refractivity (Wildman–Crippen MR) is 101 cm³/mol. The summed E-state index contributed by atoms with van der Waals surface area (Å²) in [5.74, 6) is 1.39. The van der Waals surface area contributed by atoms with Gasteiger partial charge in [-0.1, -0.05) is 6.42 Å². The van der Waals surface area contributed by atoms with Crippen LogP contribution in [0.3, 0.4) is 0 Å². The van der Waals surface area contributed by atoms with Gasteiger partial charge in [-0.2, -0.15) is 0 Å². The fourth-order valence-electron chi connectivity index (χ4n) is 4.39. The van der Waals surface area contributed by atoms with Crippen molar-refractivity contribution < 1.29 is 9.21 Å². The first-order chi connectivity index (χ1) is 13.3. The molecule has 0 bridgehead atoms. The molecule has 4 heterocycles. The van der Waals surface area contributed by atoms with Gasteiger partial charge in [0.15, 0.2) is 5.76 Å². The number of aromatic nitrogens is 2. The van der Waals surface area contributed by atoms with Gasteiger partial charge in [0.25, 0.3) is 5.91 Å². The van der Waals surface area contributed by atoms with Gasteiger partial charge in [0.1, 0.15) is 12.1 Å². The molecule has 5 rings (SSSR count). The summed E-state index contributed by atoms with van der Waals surface area (Å²) < 4.78 is 5.26. The number of amides is 1. The van der Waals surface area contributed by atoms with Crippen LogP contribution in [0.25, 0.3) is 0 Å². The van der Waals surface area contributed by atoms with Crippen molar-refractivity contribution in [3.05, 3.63) is 41.7 Å². The number of rotatable bonds is 3. The Kier molecular flexibility index (Phi) is 4.32. The van der Waals surface area contributed by atoms with Gasteiger partial charge in [-0.15, -0.1) is 0 Å². The second-order valence-corrected chi connectivity index (χ2v) is 7.68. The Labute approximate surface area is 159 Å². The van der Waals surface area contributed by atoms with Gasteiger partial charge in [0, 0.05) is 44.3 Å². The van der Waals surface area contributed by atoms with Crippen molar-refractivity contribution >= 4 is 11.7 Å². The summed E-state index contributed by atoms with van der Waals surface area (Å²) >= 11 is 0. The van der Waals surface area contributed by atoms with E-state index in [4.69, 9.17) is 4.42 Å². The Bertz CT molecular complexity index is 810. The van der Waals surface area contributed by atoms with E-state index in [0.717, 1.165) is 50.2 Å². The highest BCUT2D eigenvalue weighted by Gasteiger charge is 2.31. The van der Waals surface area contributed by atoms with Gasteiger partial charge >= 0.3 is 0 Å². The molecule has 142 valence electrons. The average Bonchev–Trinajstić information content (AvgIpc) is 3.20. The summed E-state index contributed by atoms with van der Waals surface area (Å²) in [6.45, 7) is 5.48. The molecule has 1 aliphatic carbocycles. The topological polar surface area (TPSA) is 65.7 Å². The normalized spacial score (nSPS) is 21.0. The minimum Gasteiger partial charge on any atom is -0.459 e. The van der Waals surface area contributed by atoms with Crippen LogP contribution in [0.15, 0.2) is 29.1 Å². The molecular formula is C20H25N5O2. The lowest BCUT2D eigenvalue weighted by Crippen LogP contribution is -2.52. The molecule has 0 aromatic carbocycles. The van der Waals surface area contributed by atoms with Crippen molar-refractivity contribution in [2.75, 3.05) is 37.6 Å². The summed E-state index contributed by atoms with van der Waals surface area (Å²) in [4.78, 5) is 28.5. The molecule has 0 unspecified atom stereocenters. The molecule has 0 radical (unpaired) electrons. The van der Waals surface area contributed by atoms with E-state index in [1.54, 1.807) is 18.5 Å². The lowest BCUT2D eigenvalue weighted by molar-refractivity contribution is 0.0699. The highest BCUT2D eigenvalue weighted by molar-refractivity contribution is 5.91. The standard InChI is InChI=1S/C20H25N5O2/c26-20(18-5-2-12-27-18)25-7-6-16-17(13-25)21-14-22-19(16)24-10-8-23(9-11-24)15-3-1-4-15/h2,5,12,14-15H,1,3-4,6-11,13H2. The number of hydrogen-bond acceptors (Lipinski definition) is 6. The largest absolute Gasteiger partial charge is 0.459 e. The van der Waals surface area contributed by atoms with E-state index in [-0.39, 0.29) is 5.91 Å². The smallest absolute Gasteiger partial charge is 0.289 e. The molecule has 2 aromatic rings. The van der Waals surface area contributed by atoms with Crippen molar-refractivity contribution in [2.45, 2.75) is 38.3 Å². The molecule has 0 atom stereocenters. The number of furan rings is 1. The minimum absolute atomic E-state index is 0.0695. The second-order valence-electron chi connectivity index (χ2n) is 7.68. The monoisotopic (exact) mass is 367 g/mol. The Hall–Kier alpha value is -2.41. The third kappa shape index (κ3) is 3.10. The van der Waals surface area contributed by atoms with Gasteiger partial charge in [0.2, 0.25) is 0 Å². The second kappa shape index (κ2) is 6.96. The number of hydrogen-bond donors (Lipinski definition) is 0. The van der Waals surface area contributed by atoms with Gasteiger partial charge < -0.3 is 14.2 Å². The van der Waals surface area contributed by atoms with Crippen molar-refractivity contribution in [1.29, 1.82) is 0 Å². The summed E-state index contributed by atoms with van der Waals surface area (Å²) in [6, 6.07) is 4.27. The van der Waals surface area contributed by atoms with Gasteiger partial charge in [0.05, 0.1) is 18.5 Å². The zero-order valence-corrected chi connectivity index (χ0v) is 15.5. The first-order valence-corrected chi connectivity index (χ1v) is 9.94. The first-order valence-electron chi connectivity index (χ1n) is 9.94. The van der Waals surface area contributed by atoms with Crippen LogP contribution in [0.1, 0.15) is 41.1 Å².